The molecule has 0 saturated carbocycles. The topological polar surface area (TPSA) is 93.2 Å². The number of carbonyl (C=O) groups is 1. The highest BCUT2D eigenvalue weighted by Gasteiger charge is 2.17. The van der Waals surface area contributed by atoms with E-state index in [2.05, 4.69) is 20.9 Å². The molecular weight excluding hydrogens is 320 g/mol. The zero-order valence-electron chi connectivity index (χ0n) is 14.4. The first kappa shape index (κ1) is 16.8. The number of hydrogen-bond donors (Lipinski definition) is 2. The van der Waals surface area contributed by atoms with Gasteiger partial charge in [-0.05, 0) is 13.8 Å². The first-order valence-corrected chi connectivity index (χ1v) is 8.04. The molecule has 0 saturated heterocycles. The Morgan fingerprint density at radius 2 is 1.92 bits per heavy atom. The van der Waals surface area contributed by atoms with Gasteiger partial charge in [-0.1, -0.05) is 47.6 Å². The summed E-state index contributed by atoms with van der Waals surface area (Å²) in [4.78, 5) is 12.1. The third-order valence-corrected chi connectivity index (χ3v) is 3.96. The number of aromatic nitrogens is 2. The SMILES string of the molecule is Cc1noc(C)c1C(C)CNC(=O)Nc1cc(-c2ccccc2)on1. The van der Waals surface area contributed by atoms with Crippen molar-refractivity contribution in [2.24, 2.45) is 0 Å². The Bertz CT molecular complexity index is 835. The van der Waals surface area contributed by atoms with Crippen LogP contribution in [0.15, 0.2) is 45.4 Å². The van der Waals surface area contributed by atoms with Crippen molar-refractivity contribution in [3.8, 4) is 11.3 Å². The van der Waals surface area contributed by atoms with Crippen LogP contribution in [0, 0.1) is 13.8 Å². The fourth-order valence-corrected chi connectivity index (χ4v) is 2.77. The molecule has 25 heavy (non-hydrogen) atoms. The summed E-state index contributed by atoms with van der Waals surface area (Å²) in [5, 5.41) is 13.3. The number of urea groups is 1. The van der Waals surface area contributed by atoms with E-state index in [1.54, 1.807) is 6.07 Å². The standard InChI is InChI=1S/C18H20N4O3/c1-11(17-12(2)21-24-13(17)3)10-19-18(23)20-16-9-15(25-22-16)14-7-5-4-6-8-14/h4-9,11H,10H2,1-3H3,(H2,19,20,22,23). The van der Waals surface area contributed by atoms with Crippen molar-refractivity contribution >= 4 is 11.8 Å². The number of benzene rings is 1. The lowest BCUT2D eigenvalue weighted by molar-refractivity contribution is 0.251. The molecule has 0 aliphatic carbocycles. The predicted octanol–water partition coefficient (Wildman–Crippen LogP) is 3.87. The van der Waals surface area contributed by atoms with Gasteiger partial charge in [-0.2, -0.15) is 0 Å². The van der Waals surface area contributed by atoms with Crippen molar-refractivity contribution in [2.75, 3.05) is 11.9 Å². The molecule has 7 heteroatoms. The molecule has 0 aliphatic rings. The van der Waals surface area contributed by atoms with E-state index in [-0.39, 0.29) is 11.9 Å². The summed E-state index contributed by atoms with van der Waals surface area (Å²) < 4.78 is 10.4. The number of amides is 2. The molecule has 1 unspecified atom stereocenters. The lowest BCUT2D eigenvalue weighted by Gasteiger charge is -2.12. The van der Waals surface area contributed by atoms with Gasteiger partial charge in [0, 0.05) is 29.7 Å². The van der Waals surface area contributed by atoms with E-state index in [1.165, 1.54) is 0 Å². The summed E-state index contributed by atoms with van der Waals surface area (Å²) in [5.74, 6) is 1.83. The van der Waals surface area contributed by atoms with Crippen LogP contribution in [0.3, 0.4) is 0 Å². The second kappa shape index (κ2) is 7.21. The summed E-state index contributed by atoms with van der Waals surface area (Å²) >= 11 is 0. The van der Waals surface area contributed by atoms with E-state index >= 15 is 0 Å². The van der Waals surface area contributed by atoms with Gasteiger partial charge in [-0.3, -0.25) is 5.32 Å². The minimum Gasteiger partial charge on any atom is -0.361 e. The molecule has 3 aromatic rings. The summed E-state index contributed by atoms with van der Waals surface area (Å²) in [6, 6.07) is 10.9. The van der Waals surface area contributed by atoms with E-state index in [9.17, 15) is 4.79 Å². The van der Waals surface area contributed by atoms with Gasteiger partial charge in [-0.25, -0.2) is 4.79 Å². The molecule has 2 heterocycles. The van der Waals surface area contributed by atoms with Crippen LogP contribution in [0.25, 0.3) is 11.3 Å². The van der Waals surface area contributed by atoms with E-state index in [0.717, 1.165) is 22.6 Å². The van der Waals surface area contributed by atoms with Gasteiger partial charge >= 0.3 is 6.03 Å². The first-order chi connectivity index (χ1) is 12.0. The van der Waals surface area contributed by atoms with Gasteiger partial charge in [0.1, 0.15) is 5.76 Å². The number of rotatable bonds is 5. The van der Waals surface area contributed by atoms with Crippen molar-refractivity contribution in [3.63, 3.8) is 0 Å². The quantitative estimate of drug-likeness (QED) is 0.735. The van der Waals surface area contributed by atoms with Gasteiger partial charge in [-0.15, -0.1) is 0 Å². The fraction of sp³-hybridized carbons (Fsp3) is 0.278. The van der Waals surface area contributed by atoms with Crippen LogP contribution in [-0.2, 0) is 0 Å². The maximum atomic E-state index is 12.1. The van der Waals surface area contributed by atoms with Crippen molar-refractivity contribution in [1.29, 1.82) is 0 Å². The number of aryl methyl sites for hydroxylation is 2. The van der Waals surface area contributed by atoms with Gasteiger partial charge in [0.25, 0.3) is 0 Å². The summed E-state index contributed by atoms with van der Waals surface area (Å²) in [5.41, 5.74) is 2.76. The highest BCUT2D eigenvalue weighted by atomic mass is 16.5. The molecule has 7 nitrogen and oxygen atoms in total. The Kier molecular flexibility index (Phi) is 4.83. The Hall–Kier alpha value is -3.09. The molecule has 3 rings (SSSR count). The monoisotopic (exact) mass is 340 g/mol. The Morgan fingerprint density at radius 3 is 2.60 bits per heavy atom. The van der Waals surface area contributed by atoms with Crippen LogP contribution < -0.4 is 10.6 Å². The molecule has 0 bridgehead atoms. The number of anilines is 1. The molecule has 2 amide bonds. The summed E-state index contributed by atoms with van der Waals surface area (Å²) in [6.45, 7) is 6.23. The van der Waals surface area contributed by atoms with E-state index in [0.29, 0.717) is 18.1 Å². The molecule has 0 fully saturated rings. The average Bonchev–Trinajstić information content (AvgIpc) is 3.20. The fourth-order valence-electron chi connectivity index (χ4n) is 2.77. The molecule has 130 valence electrons. The molecule has 2 N–H and O–H groups in total. The van der Waals surface area contributed by atoms with Crippen LogP contribution in [-0.4, -0.2) is 22.9 Å². The van der Waals surface area contributed by atoms with Crippen LogP contribution in [0.1, 0.15) is 29.9 Å². The van der Waals surface area contributed by atoms with Crippen LogP contribution >= 0.6 is 0 Å². The maximum absolute atomic E-state index is 12.1. The predicted molar refractivity (Wildman–Crippen MR) is 93.4 cm³/mol. The Labute approximate surface area is 145 Å². The molecule has 0 spiro atoms. The van der Waals surface area contributed by atoms with Crippen LogP contribution in [0.2, 0.25) is 0 Å². The van der Waals surface area contributed by atoms with Crippen LogP contribution in [0.4, 0.5) is 10.6 Å². The lowest BCUT2D eigenvalue weighted by Crippen LogP contribution is -2.32. The summed E-state index contributed by atoms with van der Waals surface area (Å²) in [7, 11) is 0. The minimum atomic E-state index is -0.341. The zero-order chi connectivity index (χ0) is 17.8. The van der Waals surface area contributed by atoms with Gasteiger partial charge < -0.3 is 14.4 Å². The van der Waals surface area contributed by atoms with Crippen molar-refractivity contribution in [3.05, 3.63) is 53.4 Å². The molecule has 0 radical (unpaired) electrons. The highest BCUT2D eigenvalue weighted by Crippen LogP contribution is 2.23. The first-order valence-electron chi connectivity index (χ1n) is 8.04. The van der Waals surface area contributed by atoms with E-state index in [4.69, 9.17) is 9.05 Å². The smallest absolute Gasteiger partial charge is 0.320 e. The summed E-state index contributed by atoms with van der Waals surface area (Å²) in [6.07, 6.45) is 0. The second-order valence-corrected chi connectivity index (χ2v) is 5.92. The molecular formula is C18H20N4O3. The van der Waals surface area contributed by atoms with Crippen LogP contribution in [0.5, 0.6) is 0 Å². The lowest BCUT2D eigenvalue weighted by atomic mass is 10.00. The average molecular weight is 340 g/mol. The normalized spacial score (nSPS) is 12.0. The molecule has 2 aromatic heterocycles. The highest BCUT2D eigenvalue weighted by molar-refractivity contribution is 5.88. The van der Waals surface area contributed by atoms with Gasteiger partial charge in [0.05, 0.1) is 5.69 Å². The largest absolute Gasteiger partial charge is 0.361 e. The van der Waals surface area contributed by atoms with Crippen molar-refractivity contribution in [2.45, 2.75) is 26.7 Å². The second-order valence-electron chi connectivity index (χ2n) is 5.92. The zero-order valence-corrected chi connectivity index (χ0v) is 14.4. The molecule has 1 atom stereocenters. The minimum absolute atomic E-state index is 0.0918. The Balaban J connectivity index is 1.56. The third kappa shape index (κ3) is 3.88. The van der Waals surface area contributed by atoms with Crippen molar-refractivity contribution in [1.82, 2.24) is 15.6 Å². The van der Waals surface area contributed by atoms with Gasteiger partial charge in [0.2, 0.25) is 0 Å². The molecule has 1 aromatic carbocycles. The number of nitrogens with zero attached hydrogens (tertiary/aromatic N) is 2. The number of carbonyl (C=O) groups excluding carboxylic acids is 1. The van der Waals surface area contributed by atoms with E-state index < -0.39 is 0 Å². The number of nitrogens with one attached hydrogen (secondary N) is 2. The van der Waals surface area contributed by atoms with E-state index in [1.807, 2.05) is 51.1 Å². The molecule has 0 aliphatic heterocycles. The Morgan fingerprint density at radius 1 is 1.16 bits per heavy atom. The van der Waals surface area contributed by atoms with Crippen molar-refractivity contribution < 1.29 is 13.8 Å². The number of hydrogen-bond acceptors (Lipinski definition) is 5. The third-order valence-electron chi connectivity index (χ3n) is 3.96. The van der Waals surface area contributed by atoms with Gasteiger partial charge in [0.15, 0.2) is 11.6 Å². The maximum Gasteiger partial charge on any atom is 0.320 e.